The molecule has 29 heavy (non-hydrogen) atoms. The lowest BCUT2D eigenvalue weighted by atomic mass is 9.95. The number of pyridine rings is 1. The van der Waals surface area contributed by atoms with E-state index in [-0.39, 0.29) is 19.1 Å². The molecule has 0 aliphatic heterocycles. The van der Waals surface area contributed by atoms with Gasteiger partial charge in [-0.3, -0.25) is 10.3 Å². The van der Waals surface area contributed by atoms with E-state index < -0.39 is 6.03 Å². The van der Waals surface area contributed by atoms with Crippen LogP contribution in [0.1, 0.15) is 42.7 Å². The summed E-state index contributed by atoms with van der Waals surface area (Å²) in [6, 6.07) is 3.05. The molecule has 0 radical (unpaired) electrons. The molecule has 158 valence electrons. The molecule has 10 heteroatoms. The molecule has 0 atom stereocenters. The highest BCUT2D eigenvalue weighted by molar-refractivity contribution is 7.16. The molecule has 8 nitrogen and oxygen atoms in total. The Balaban J connectivity index is 2.34. The Kier molecular flexibility index (Phi) is 7.83. The number of nitrogens with zero attached hydrogens (tertiary/aromatic N) is 2. The van der Waals surface area contributed by atoms with Gasteiger partial charge >= 0.3 is 6.03 Å². The fourth-order valence-corrected chi connectivity index (χ4v) is 3.93. The third kappa shape index (κ3) is 5.59. The predicted octanol–water partition coefficient (Wildman–Crippen LogP) is 4.19. The average molecular weight is 439 g/mol. The number of aromatic nitrogens is 1. The van der Waals surface area contributed by atoms with E-state index >= 15 is 0 Å². The summed E-state index contributed by atoms with van der Waals surface area (Å²) in [6.45, 7) is 7.62. The molecular weight excluding hydrogens is 412 g/mol. The number of urea groups is 1. The molecule has 0 saturated carbocycles. The fourth-order valence-electron chi connectivity index (χ4n) is 2.83. The summed E-state index contributed by atoms with van der Waals surface area (Å²) < 4.78 is 0. The van der Waals surface area contributed by atoms with Crippen molar-refractivity contribution in [3.8, 4) is 0 Å². The Morgan fingerprint density at radius 1 is 1.41 bits per heavy atom. The molecule has 0 saturated heterocycles. The van der Waals surface area contributed by atoms with Crippen molar-refractivity contribution in [3.63, 3.8) is 0 Å². The van der Waals surface area contributed by atoms with Gasteiger partial charge in [0.05, 0.1) is 23.2 Å². The second-order valence-corrected chi connectivity index (χ2v) is 8.44. The predicted molar refractivity (Wildman–Crippen MR) is 121 cm³/mol. The lowest BCUT2D eigenvalue weighted by Gasteiger charge is -2.26. The van der Waals surface area contributed by atoms with Crippen LogP contribution in [0.3, 0.4) is 0 Å². The van der Waals surface area contributed by atoms with Gasteiger partial charge in [-0.05, 0) is 37.5 Å². The van der Waals surface area contributed by atoms with Gasteiger partial charge in [0.1, 0.15) is 11.6 Å². The lowest BCUT2D eigenvalue weighted by Crippen LogP contribution is -2.46. The first-order chi connectivity index (χ1) is 13.7. The molecule has 0 bridgehead atoms. The SMILES string of the molecule is CNc1nc(N(CCO)NC(=O)Nc2cc(Cl)c(C)s2)cc(C(C)C)c1C(C)=N. The first kappa shape index (κ1) is 22.9. The van der Waals surface area contributed by atoms with Crippen LogP contribution in [0.5, 0.6) is 0 Å². The second-order valence-electron chi connectivity index (χ2n) is 6.78. The van der Waals surface area contributed by atoms with Crippen LogP contribution in [0.2, 0.25) is 5.02 Å². The molecule has 0 aliphatic carbocycles. The van der Waals surface area contributed by atoms with Crippen LogP contribution in [0.4, 0.5) is 21.4 Å². The van der Waals surface area contributed by atoms with E-state index in [2.05, 4.69) is 21.0 Å². The zero-order chi connectivity index (χ0) is 21.7. The van der Waals surface area contributed by atoms with E-state index in [0.29, 0.717) is 27.4 Å². The van der Waals surface area contributed by atoms with Crippen molar-refractivity contribution < 1.29 is 9.90 Å². The lowest BCUT2D eigenvalue weighted by molar-refractivity contribution is 0.248. The topological polar surface area (TPSA) is 113 Å². The Hall–Kier alpha value is -2.36. The number of carbonyl (C=O) groups is 1. The van der Waals surface area contributed by atoms with Crippen LogP contribution in [0.15, 0.2) is 12.1 Å². The number of aliphatic hydroxyl groups excluding tert-OH is 1. The van der Waals surface area contributed by atoms with Crippen molar-refractivity contribution in [1.29, 1.82) is 5.41 Å². The summed E-state index contributed by atoms with van der Waals surface area (Å²) in [6.07, 6.45) is 0. The highest BCUT2D eigenvalue weighted by Crippen LogP contribution is 2.31. The molecule has 2 amide bonds. The summed E-state index contributed by atoms with van der Waals surface area (Å²) >= 11 is 7.42. The van der Waals surface area contributed by atoms with E-state index in [4.69, 9.17) is 17.0 Å². The number of halogens is 1. The number of amides is 2. The highest BCUT2D eigenvalue weighted by atomic mass is 35.5. The molecule has 5 N–H and O–H groups in total. The number of aryl methyl sites for hydroxylation is 1. The largest absolute Gasteiger partial charge is 0.394 e. The van der Waals surface area contributed by atoms with Crippen LogP contribution in [0, 0.1) is 12.3 Å². The molecule has 0 aliphatic rings. The molecule has 2 heterocycles. The number of thiophene rings is 1. The number of rotatable bonds is 8. The van der Waals surface area contributed by atoms with Crippen LogP contribution in [-0.2, 0) is 0 Å². The molecule has 2 aromatic heterocycles. The van der Waals surface area contributed by atoms with Crippen molar-refractivity contribution in [3.05, 3.63) is 33.2 Å². The van der Waals surface area contributed by atoms with E-state index in [1.165, 1.54) is 16.3 Å². The van der Waals surface area contributed by atoms with Gasteiger partial charge in [0.25, 0.3) is 0 Å². The zero-order valence-corrected chi connectivity index (χ0v) is 18.8. The first-order valence-electron chi connectivity index (χ1n) is 9.18. The van der Waals surface area contributed by atoms with Crippen LogP contribution in [0.25, 0.3) is 0 Å². The van der Waals surface area contributed by atoms with Crippen molar-refractivity contribution in [2.45, 2.75) is 33.6 Å². The van der Waals surface area contributed by atoms with Gasteiger partial charge in [0.15, 0.2) is 0 Å². The van der Waals surface area contributed by atoms with Gasteiger partial charge in [-0.2, -0.15) is 0 Å². The van der Waals surface area contributed by atoms with Gasteiger partial charge < -0.3 is 15.8 Å². The summed E-state index contributed by atoms with van der Waals surface area (Å²) in [4.78, 5) is 17.9. The van der Waals surface area contributed by atoms with Crippen LogP contribution >= 0.6 is 22.9 Å². The summed E-state index contributed by atoms with van der Waals surface area (Å²) in [7, 11) is 1.74. The number of hydrogen-bond acceptors (Lipinski definition) is 7. The fraction of sp³-hybridized carbons (Fsp3) is 0.421. The summed E-state index contributed by atoms with van der Waals surface area (Å²) in [5.41, 5.74) is 4.79. The first-order valence-corrected chi connectivity index (χ1v) is 10.4. The van der Waals surface area contributed by atoms with Crippen molar-refractivity contribution in [2.75, 3.05) is 35.8 Å². The van der Waals surface area contributed by atoms with Gasteiger partial charge in [-0.1, -0.05) is 25.4 Å². The number of aliphatic hydroxyl groups is 1. The highest BCUT2D eigenvalue weighted by Gasteiger charge is 2.20. The molecule has 2 aromatic rings. The smallest absolute Gasteiger partial charge is 0.338 e. The van der Waals surface area contributed by atoms with Crippen molar-refractivity contribution >= 4 is 51.3 Å². The van der Waals surface area contributed by atoms with Gasteiger partial charge in [-0.25, -0.2) is 15.2 Å². The van der Waals surface area contributed by atoms with E-state index in [0.717, 1.165) is 16.0 Å². The number of hydrazine groups is 1. The van der Waals surface area contributed by atoms with E-state index in [1.807, 2.05) is 26.8 Å². The third-order valence-corrected chi connectivity index (χ3v) is 5.67. The van der Waals surface area contributed by atoms with E-state index in [1.54, 1.807) is 20.0 Å². The molecular formula is C19H27ClN6O2S. The summed E-state index contributed by atoms with van der Waals surface area (Å²) in [5, 5.41) is 26.1. The number of carbonyl (C=O) groups excluding carboxylic acids is 1. The Morgan fingerprint density at radius 2 is 2.10 bits per heavy atom. The minimum atomic E-state index is -0.470. The minimum Gasteiger partial charge on any atom is -0.394 e. The minimum absolute atomic E-state index is 0.139. The molecule has 0 spiro atoms. The number of hydrogen-bond donors (Lipinski definition) is 5. The van der Waals surface area contributed by atoms with Crippen LogP contribution in [-0.4, -0.2) is 42.0 Å². The van der Waals surface area contributed by atoms with Gasteiger partial charge in [-0.15, -0.1) is 11.3 Å². The van der Waals surface area contributed by atoms with Crippen molar-refractivity contribution in [1.82, 2.24) is 10.4 Å². The third-order valence-electron chi connectivity index (χ3n) is 4.20. The Bertz CT molecular complexity index is 880. The second kappa shape index (κ2) is 9.91. The Morgan fingerprint density at radius 3 is 2.59 bits per heavy atom. The van der Waals surface area contributed by atoms with Gasteiger partial charge in [0.2, 0.25) is 0 Å². The number of anilines is 3. The van der Waals surface area contributed by atoms with Crippen molar-refractivity contribution in [2.24, 2.45) is 0 Å². The zero-order valence-electron chi connectivity index (χ0n) is 17.2. The van der Waals surface area contributed by atoms with E-state index in [9.17, 15) is 9.90 Å². The summed E-state index contributed by atoms with van der Waals surface area (Å²) in [5.74, 6) is 1.15. The number of nitrogens with one attached hydrogen (secondary N) is 4. The average Bonchev–Trinajstić information content (AvgIpc) is 2.96. The van der Waals surface area contributed by atoms with Crippen LogP contribution < -0.4 is 21.1 Å². The normalized spacial score (nSPS) is 10.8. The quantitative estimate of drug-likeness (QED) is 0.313. The maximum Gasteiger partial charge on any atom is 0.338 e. The van der Waals surface area contributed by atoms with Gasteiger partial charge in [0, 0.05) is 23.2 Å². The Labute approximate surface area is 179 Å². The molecule has 0 fully saturated rings. The molecule has 0 unspecified atom stereocenters. The standard InChI is InChI=1S/C19H27ClN6O2S/c1-10(2)13-8-15(23-18(22-5)17(13)11(3)21)26(6-7-27)25-19(28)24-16-9-14(20)12(4)29-16/h8-10,21,27H,6-7H2,1-5H3,(H,22,23)(H2,24,25,28). The molecule has 0 aromatic carbocycles. The maximum atomic E-state index is 12.5. The maximum absolute atomic E-state index is 12.5. The molecule has 2 rings (SSSR count). The monoisotopic (exact) mass is 438 g/mol.